The molecule has 96 valence electrons. The van der Waals surface area contributed by atoms with Crippen molar-refractivity contribution < 1.29 is 15.0 Å². The van der Waals surface area contributed by atoms with Crippen molar-refractivity contribution in [1.82, 2.24) is 9.97 Å². The quantitative estimate of drug-likeness (QED) is 0.566. The predicted molar refractivity (Wildman–Crippen MR) is 62.3 cm³/mol. The molecule has 6 nitrogen and oxygen atoms in total. The lowest BCUT2D eigenvalue weighted by Crippen LogP contribution is -2.56. The third-order valence-corrected chi connectivity index (χ3v) is 2.72. The van der Waals surface area contributed by atoms with Crippen LogP contribution in [0.1, 0.15) is 26.0 Å². The Morgan fingerprint density at radius 2 is 2.29 bits per heavy atom. The van der Waals surface area contributed by atoms with Crippen LogP contribution in [0.2, 0.25) is 0 Å². The predicted octanol–water partition coefficient (Wildman–Crippen LogP) is 0.141. The fourth-order valence-corrected chi connectivity index (χ4v) is 1.74. The van der Waals surface area contributed by atoms with E-state index in [2.05, 4.69) is 9.97 Å². The van der Waals surface area contributed by atoms with Crippen molar-refractivity contribution in [2.75, 3.05) is 0 Å². The lowest BCUT2D eigenvalue weighted by atomic mass is 9.85. The van der Waals surface area contributed by atoms with Gasteiger partial charge in [-0.05, 0) is 12.3 Å². The number of nitrogens with zero attached hydrogens (tertiary/aromatic N) is 1. The van der Waals surface area contributed by atoms with Crippen LogP contribution < -0.4 is 5.73 Å². The zero-order valence-corrected chi connectivity index (χ0v) is 10.1. The normalized spacial score (nSPS) is 16.8. The zero-order valence-electron chi connectivity index (χ0n) is 10.1. The number of carbonyl (C=O) groups is 1. The molecule has 0 aliphatic rings. The van der Waals surface area contributed by atoms with Crippen molar-refractivity contribution in [2.45, 2.75) is 38.3 Å². The van der Waals surface area contributed by atoms with E-state index < -0.39 is 17.6 Å². The van der Waals surface area contributed by atoms with Gasteiger partial charge in [-0.25, -0.2) is 9.78 Å². The summed E-state index contributed by atoms with van der Waals surface area (Å²) in [5.74, 6) is -1.09. The number of aromatic amines is 1. The number of hydrogen-bond acceptors (Lipinski definition) is 4. The average Bonchev–Trinajstić information content (AvgIpc) is 2.68. The van der Waals surface area contributed by atoms with Crippen molar-refractivity contribution >= 4 is 5.97 Å². The van der Waals surface area contributed by atoms with Crippen LogP contribution in [0.25, 0.3) is 0 Å². The van der Waals surface area contributed by atoms with Gasteiger partial charge in [0, 0.05) is 24.4 Å². The van der Waals surface area contributed by atoms with Crippen LogP contribution in [-0.4, -0.2) is 37.8 Å². The van der Waals surface area contributed by atoms with E-state index in [1.807, 2.05) is 13.8 Å². The molecule has 6 heteroatoms. The fraction of sp³-hybridized carbons (Fsp3) is 0.636. The minimum atomic E-state index is -1.96. The Hall–Kier alpha value is -1.40. The molecule has 0 aromatic carbocycles. The summed E-state index contributed by atoms with van der Waals surface area (Å²) in [6.45, 7) is 3.86. The summed E-state index contributed by atoms with van der Waals surface area (Å²) in [6, 6.07) is -0.816. The summed E-state index contributed by atoms with van der Waals surface area (Å²) in [6.07, 6.45) is 3.29. The number of aliphatic hydroxyl groups is 1. The number of nitrogens with one attached hydrogen (secondary N) is 1. The Labute approximate surface area is 99.9 Å². The first-order valence-electron chi connectivity index (χ1n) is 5.55. The molecule has 5 N–H and O–H groups in total. The standard InChI is InChI=1S/C11H19N3O3/c1-7(2)3-9(12)11(17,10(15)16)4-8-5-13-6-14-8/h5-7,9,17H,3-4,12H2,1-2H3,(H,13,14)(H,15,16)/t9?,11-/m1/s1. The number of H-pyrrole nitrogens is 1. The second-order valence-corrected chi connectivity index (χ2v) is 4.72. The molecule has 1 aromatic heterocycles. The van der Waals surface area contributed by atoms with Crippen LogP contribution in [-0.2, 0) is 11.2 Å². The van der Waals surface area contributed by atoms with E-state index in [0.29, 0.717) is 12.1 Å². The Balaban J connectivity index is 2.85. The van der Waals surface area contributed by atoms with Crippen LogP contribution in [0.15, 0.2) is 12.5 Å². The van der Waals surface area contributed by atoms with Crippen molar-refractivity contribution in [3.05, 3.63) is 18.2 Å². The fourth-order valence-electron chi connectivity index (χ4n) is 1.74. The molecule has 0 aliphatic carbocycles. The van der Waals surface area contributed by atoms with Crippen molar-refractivity contribution in [1.29, 1.82) is 0 Å². The highest BCUT2D eigenvalue weighted by Gasteiger charge is 2.42. The number of aliphatic carboxylic acids is 1. The molecule has 0 amide bonds. The van der Waals surface area contributed by atoms with Gasteiger partial charge >= 0.3 is 5.97 Å². The Bertz CT molecular complexity index is 364. The first-order valence-corrected chi connectivity index (χ1v) is 5.55. The van der Waals surface area contributed by atoms with Gasteiger partial charge in [-0.2, -0.15) is 0 Å². The first-order chi connectivity index (χ1) is 7.86. The Morgan fingerprint density at radius 3 is 2.71 bits per heavy atom. The van der Waals surface area contributed by atoms with Crippen LogP contribution in [0, 0.1) is 5.92 Å². The number of nitrogens with two attached hydrogens (primary N) is 1. The molecule has 17 heavy (non-hydrogen) atoms. The van der Waals surface area contributed by atoms with E-state index in [1.54, 1.807) is 0 Å². The maximum absolute atomic E-state index is 11.2. The van der Waals surface area contributed by atoms with Crippen LogP contribution in [0.3, 0.4) is 0 Å². The molecule has 2 atom stereocenters. The third-order valence-electron chi connectivity index (χ3n) is 2.72. The number of aromatic nitrogens is 2. The van der Waals surface area contributed by atoms with E-state index >= 15 is 0 Å². The molecule has 0 bridgehead atoms. The first kappa shape index (κ1) is 13.7. The molecule has 1 unspecified atom stereocenters. The molecular weight excluding hydrogens is 222 g/mol. The monoisotopic (exact) mass is 241 g/mol. The lowest BCUT2D eigenvalue weighted by molar-refractivity contribution is -0.161. The summed E-state index contributed by atoms with van der Waals surface area (Å²) in [5.41, 5.74) is 4.39. The molecule has 0 saturated heterocycles. The summed E-state index contributed by atoms with van der Waals surface area (Å²) in [7, 11) is 0. The van der Waals surface area contributed by atoms with Crippen molar-refractivity contribution in [3.63, 3.8) is 0 Å². The SMILES string of the molecule is CC(C)CC(N)[C@](O)(Cc1cnc[nH]1)C(=O)O. The molecule has 0 fully saturated rings. The summed E-state index contributed by atoms with van der Waals surface area (Å²) >= 11 is 0. The highest BCUT2D eigenvalue weighted by Crippen LogP contribution is 2.20. The molecule has 0 aliphatic heterocycles. The van der Waals surface area contributed by atoms with Crippen LogP contribution in [0.5, 0.6) is 0 Å². The lowest BCUT2D eigenvalue weighted by Gasteiger charge is -2.30. The van der Waals surface area contributed by atoms with Crippen LogP contribution >= 0.6 is 0 Å². The Kier molecular flexibility index (Phi) is 4.25. The number of carboxylic acids is 1. The number of imidazole rings is 1. The van der Waals surface area contributed by atoms with Gasteiger partial charge in [-0.1, -0.05) is 13.8 Å². The minimum Gasteiger partial charge on any atom is -0.479 e. The Morgan fingerprint density at radius 1 is 1.65 bits per heavy atom. The van der Waals surface area contributed by atoms with E-state index in [4.69, 9.17) is 10.8 Å². The smallest absolute Gasteiger partial charge is 0.337 e. The molecule has 0 saturated carbocycles. The minimum absolute atomic E-state index is 0.0732. The molecule has 0 spiro atoms. The largest absolute Gasteiger partial charge is 0.479 e. The summed E-state index contributed by atoms with van der Waals surface area (Å²) < 4.78 is 0. The molecule has 0 radical (unpaired) electrons. The average molecular weight is 241 g/mol. The molecule has 1 rings (SSSR count). The van der Waals surface area contributed by atoms with Crippen molar-refractivity contribution in [2.24, 2.45) is 11.7 Å². The van der Waals surface area contributed by atoms with E-state index in [0.717, 1.165) is 0 Å². The van der Waals surface area contributed by atoms with Gasteiger partial charge in [-0.15, -0.1) is 0 Å². The van der Waals surface area contributed by atoms with Gasteiger partial charge in [0.05, 0.1) is 6.33 Å². The highest BCUT2D eigenvalue weighted by atomic mass is 16.4. The van der Waals surface area contributed by atoms with Gasteiger partial charge in [-0.3, -0.25) is 0 Å². The summed E-state index contributed by atoms with van der Waals surface area (Å²) in [4.78, 5) is 17.8. The maximum atomic E-state index is 11.2. The zero-order chi connectivity index (χ0) is 13.1. The van der Waals surface area contributed by atoms with Crippen molar-refractivity contribution in [3.8, 4) is 0 Å². The molecule has 1 heterocycles. The van der Waals surface area contributed by atoms with E-state index in [1.165, 1.54) is 12.5 Å². The van der Waals surface area contributed by atoms with E-state index in [-0.39, 0.29) is 12.3 Å². The third kappa shape index (κ3) is 3.28. The highest BCUT2D eigenvalue weighted by molar-refractivity contribution is 5.78. The number of carboxylic acid groups (broad SMARTS) is 1. The van der Waals surface area contributed by atoms with Gasteiger partial charge in [0.1, 0.15) is 0 Å². The summed E-state index contributed by atoms with van der Waals surface area (Å²) in [5, 5.41) is 19.4. The van der Waals surface area contributed by atoms with Gasteiger partial charge < -0.3 is 20.9 Å². The van der Waals surface area contributed by atoms with Gasteiger partial charge in [0.2, 0.25) is 0 Å². The van der Waals surface area contributed by atoms with Gasteiger partial charge in [0.15, 0.2) is 5.60 Å². The second-order valence-electron chi connectivity index (χ2n) is 4.72. The maximum Gasteiger partial charge on any atom is 0.337 e. The topological polar surface area (TPSA) is 112 Å². The number of rotatable bonds is 6. The second kappa shape index (κ2) is 5.29. The van der Waals surface area contributed by atoms with Crippen LogP contribution in [0.4, 0.5) is 0 Å². The number of hydrogen-bond donors (Lipinski definition) is 4. The molecular formula is C11H19N3O3. The molecule has 1 aromatic rings. The van der Waals surface area contributed by atoms with E-state index in [9.17, 15) is 9.90 Å². The van der Waals surface area contributed by atoms with Gasteiger partial charge in [0.25, 0.3) is 0 Å².